The van der Waals surface area contributed by atoms with Crippen molar-refractivity contribution in [3.63, 3.8) is 0 Å². The van der Waals surface area contributed by atoms with Crippen LogP contribution in [0.2, 0.25) is 0 Å². The van der Waals surface area contributed by atoms with E-state index >= 15 is 0 Å². The molecule has 2 N–H and O–H groups in total. The van der Waals surface area contributed by atoms with Crippen LogP contribution in [-0.2, 0) is 0 Å². The molecule has 1 aliphatic heterocycles. The Hall–Kier alpha value is -1.36. The Morgan fingerprint density at radius 3 is 2.53 bits per heavy atom. The molecule has 0 radical (unpaired) electrons. The van der Waals surface area contributed by atoms with E-state index in [-0.39, 0.29) is 0 Å². The van der Waals surface area contributed by atoms with E-state index in [2.05, 4.69) is 26.8 Å². The molecule has 5 nitrogen and oxygen atoms in total. The van der Waals surface area contributed by atoms with Gasteiger partial charge in [-0.05, 0) is 25.8 Å². The lowest BCUT2D eigenvalue weighted by molar-refractivity contribution is 0.225. The van der Waals surface area contributed by atoms with Gasteiger partial charge in [-0.25, -0.2) is 9.97 Å². The average molecular weight is 261 g/mol. The largest absolute Gasteiger partial charge is 0.368 e. The van der Waals surface area contributed by atoms with Gasteiger partial charge in [-0.15, -0.1) is 0 Å². The van der Waals surface area contributed by atoms with E-state index in [4.69, 9.17) is 5.73 Å². The van der Waals surface area contributed by atoms with Gasteiger partial charge in [0.2, 0.25) is 5.95 Å². The number of likely N-dealkylation sites (N-methyl/N-ethyl adjacent to an activating group) is 1. The molecule has 1 saturated heterocycles. The van der Waals surface area contributed by atoms with Crippen LogP contribution in [-0.4, -0.2) is 47.6 Å². The molecule has 0 aromatic carbocycles. The molecule has 19 heavy (non-hydrogen) atoms. The fraction of sp³-hybridized carbons (Fsp3) is 0.714. The van der Waals surface area contributed by atoms with E-state index in [1.807, 2.05) is 12.4 Å². The molecule has 104 valence electrons. The maximum absolute atomic E-state index is 5.59. The van der Waals surface area contributed by atoms with Crippen LogP contribution in [0.1, 0.15) is 25.7 Å². The third-order valence-corrected chi connectivity index (χ3v) is 4.56. The molecule has 1 atom stereocenters. The molecule has 2 heterocycles. The maximum atomic E-state index is 5.59. The minimum absolute atomic E-state index is 0.357. The van der Waals surface area contributed by atoms with Crippen LogP contribution in [0, 0.1) is 5.92 Å². The van der Waals surface area contributed by atoms with Crippen molar-refractivity contribution in [2.45, 2.75) is 31.7 Å². The maximum Gasteiger partial charge on any atom is 0.220 e. The van der Waals surface area contributed by atoms with Gasteiger partial charge in [0.15, 0.2) is 0 Å². The second-order valence-electron chi connectivity index (χ2n) is 5.87. The Labute approximate surface area is 114 Å². The molecular weight excluding hydrogens is 238 g/mol. The number of rotatable bonds is 2. The number of nitrogen functional groups attached to an aromatic ring is 1. The third-order valence-electron chi connectivity index (χ3n) is 4.56. The number of hydrogen-bond donors (Lipinski definition) is 1. The van der Waals surface area contributed by atoms with Crippen molar-refractivity contribution < 1.29 is 0 Å². The summed E-state index contributed by atoms with van der Waals surface area (Å²) in [5.74, 6) is 1.18. The highest BCUT2D eigenvalue weighted by Crippen LogP contribution is 2.33. The molecule has 1 saturated carbocycles. The Morgan fingerprint density at radius 1 is 1.16 bits per heavy atom. The SMILES string of the molecule is CN1CCN(c2cnc(N)nc2)C(C2CCCC2)C1. The Morgan fingerprint density at radius 2 is 1.84 bits per heavy atom. The van der Waals surface area contributed by atoms with Crippen LogP contribution in [0.3, 0.4) is 0 Å². The first-order valence-corrected chi connectivity index (χ1v) is 7.27. The Balaban J connectivity index is 1.81. The lowest BCUT2D eigenvalue weighted by Crippen LogP contribution is -2.54. The van der Waals surface area contributed by atoms with Crippen molar-refractivity contribution in [1.29, 1.82) is 0 Å². The quantitative estimate of drug-likeness (QED) is 0.871. The fourth-order valence-corrected chi connectivity index (χ4v) is 3.50. The van der Waals surface area contributed by atoms with Crippen LogP contribution >= 0.6 is 0 Å². The molecule has 2 fully saturated rings. The second-order valence-corrected chi connectivity index (χ2v) is 5.87. The summed E-state index contributed by atoms with van der Waals surface area (Å²) < 4.78 is 0. The van der Waals surface area contributed by atoms with Crippen molar-refractivity contribution in [2.75, 3.05) is 37.3 Å². The van der Waals surface area contributed by atoms with Gasteiger partial charge in [-0.1, -0.05) is 12.8 Å². The van der Waals surface area contributed by atoms with Gasteiger partial charge in [0.25, 0.3) is 0 Å². The van der Waals surface area contributed by atoms with E-state index in [1.165, 1.54) is 25.7 Å². The molecule has 1 unspecified atom stereocenters. The monoisotopic (exact) mass is 261 g/mol. The van der Waals surface area contributed by atoms with E-state index in [0.717, 1.165) is 31.2 Å². The summed E-state index contributed by atoms with van der Waals surface area (Å²) in [5, 5.41) is 0. The van der Waals surface area contributed by atoms with Crippen molar-refractivity contribution in [1.82, 2.24) is 14.9 Å². The first kappa shape index (κ1) is 12.7. The normalized spacial score (nSPS) is 25.9. The highest BCUT2D eigenvalue weighted by Gasteiger charge is 2.33. The van der Waals surface area contributed by atoms with Crippen molar-refractivity contribution in [3.8, 4) is 0 Å². The summed E-state index contributed by atoms with van der Waals surface area (Å²) in [5.41, 5.74) is 6.71. The predicted molar refractivity (Wildman–Crippen MR) is 77.0 cm³/mol. The zero-order chi connectivity index (χ0) is 13.2. The molecule has 5 heteroatoms. The molecule has 1 aromatic rings. The second kappa shape index (κ2) is 5.33. The summed E-state index contributed by atoms with van der Waals surface area (Å²) >= 11 is 0. The minimum Gasteiger partial charge on any atom is -0.368 e. The summed E-state index contributed by atoms with van der Waals surface area (Å²) in [6.07, 6.45) is 9.24. The smallest absolute Gasteiger partial charge is 0.220 e. The van der Waals surface area contributed by atoms with Gasteiger partial charge in [0, 0.05) is 25.7 Å². The summed E-state index contributed by atoms with van der Waals surface area (Å²) in [4.78, 5) is 13.2. The summed E-state index contributed by atoms with van der Waals surface area (Å²) in [6.45, 7) is 3.31. The van der Waals surface area contributed by atoms with Crippen molar-refractivity contribution >= 4 is 11.6 Å². The number of hydrogen-bond acceptors (Lipinski definition) is 5. The van der Waals surface area contributed by atoms with Crippen LogP contribution < -0.4 is 10.6 Å². The van der Waals surface area contributed by atoms with Crippen LogP contribution in [0.5, 0.6) is 0 Å². The van der Waals surface area contributed by atoms with Gasteiger partial charge in [0.1, 0.15) is 0 Å². The van der Waals surface area contributed by atoms with E-state index < -0.39 is 0 Å². The Bertz CT molecular complexity index is 412. The van der Waals surface area contributed by atoms with Crippen LogP contribution in [0.4, 0.5) is 11.6 Å². The number of anilines is 2. The van der Waals surface area contributed by atoms with Crippen molar-refractivity contribution in [2.24, 2.45) is 5.92 Å². The molecule has 2 aliphatic rings. The van der Waals surface area contributed by atoms with Gasteiger partial charge in [0.05, 0.1) is 18.1 Å². The number of nitrogens with two attached hydrogens (primary N) is 1. The van der Waals surface area contributed by atoms with Gasteiger partial charge in [-0.3, -0.25) is 0 Å². The van der Waals surface area contributed by atoms with E-state index in [1.54, 1.807) is 0 Å². The van der Waals surface area contributed by atoms with Gasteiger partial charge < -0.3 is 15.5 Å². The molecule has 0 amide bonds. The fourth-order valence-electron chi connectivity index (χ4n) is 3.50. The van der Waals surface area contributed by atoms with Crippen molar-refractivity contribution in [3.05, 3.63) is 12.4 Å². The molecule has 1 aliphatic carbocycles. The molecule has 0 spiro atoms. The summed E-state index contributed by atoms with van der Waals surface area (Å²) in [7, 11) is 2.22. The van der Waals surface area contributed by atoms with E-state index in [9.17, 15) is 0 Å². The molecular formula is C14H23N5. The van der Waals surface area contributed by atoms with E-state index in [0.29, 0.717) is 12.0 Å². The Kier molecular flexibility index (Phi) is 3.55. The molecule has 1 aromatic heterocycles. The lowest BCUT2D eigenvalue weighted by atomic mass is 9.94. The molecule has 0 bridgehead atoms. The van der Waals surface area contributed by atoms with Gasteiger partial charge in [-0.2, -0.15) is 0 Å². The minimum atomic E-state index is 0.357. The topological polar surface area (TPSA) is 58.3 Å². The van der Waals surface area contributed by atoms with Crippen LogP contribution in [0.15, 0.2) is 12.4 Å². The zero-order valence-corrected chi connectivity index (χ0v) is 11.6. The number of nitrogens with zero attached hydrogens (tertiary/aromatic N) is 4. The highest BCUT2D eigenvalue weighted by molar-refractivity contribution is 5.45. The number of aromatic nitrogens is 2. The lowest BCUT2D eigenvalue weighted by Gasteiger charge is -2.44. The molecule has 3 rings (SSSR count). The standard InChI is InChI=1S/C14H23N5/c1-18-6-7-19(12-8-16-14(15)17-9-12)13(10-18)11-4-2-3-5-11/h8-9,11,13H,2-7,10H2,1H3,(H2,15,16,17). The first-order chi connectivity index (χ1) is 9.24. The van der Waals surface area contributed by atoms with Gasteiger partial charge >= 0.3 is 0 Å². The first-order valence-electron chi connectivity index (χ1n) is 7.27. The number of piperazine rings is 1. The average Bonchev–Trinajstić information content (AvgIpc) is 2.94. The predicted octanol–water partition coefficient (Wildman–Crippen LogP) is 1.37. The summed E-state index contributed by atoms with van der Waals surface area (Å²) in [6, 6.07) is 0.605. The zero-order valence-electron chi connectivity index (χ0n) is 11.6. The highest BCUT2D eigenvalue weighted by atomic mass is 15.3. The van der Waals surface area contributed by atoms with Crippen LogP contribution in [0.25, 0.3) is 0 Å². The third kappa shape index (κ3) is 2.66.